The number of aryl methyl sites for hydroxylation is 1. The van der Waals surface area contributed by atoms with E-state index < -0.39 is 0 Å². The van der Waals surface area contributed by atoms with Crippen LogP contribution in [0.3, 0.4) is 0 Å². The van der Waals surface area contributed by atoms with Gasteiger partial charge < -0.3 is 19.8 Å². The highest BCUT2D eigenvalue weighted by Gasteiger charge is 2.16. The van der Waals surface area contributed by atoms with Crippen LogP contribution >= 0.6 is 0 Å². The van der Waals surface area contributed by atoms with Crippen LogP contribution in [0.1, 0.15) is 58.4 Å². The van der Waals surface area contributed by atoms with Gasteiger partial charge in [0.05, 0.1) is 5.52 Å². The molecule has 0 bridgehead atoms. The number of rotatable bonds is 9. The molecule has 29 heavy (non-hydrogen) atoms. The van der Waals surface area contributed by atoms with Gasteiger partial charge in [0.1, 0.15) is 6.61 Å². The molecule has 0 saturated heterocycles. The number of anilines is 1. The number of fused-ring (bicyclic) bond motifs is 3. The van der Waals surface area contributed by atoms with Gasteiger partial charge in [0, 0.05) is 17.5 Å². The number of unbranched alkanes of at least 4 members (excludes halogenated alkanes) is 2. The molecular weight excluding hydrogens is 364 g/mol. The van der Waals surface area contributed by atoms with Gasteiger partial charge in [-0.15, -0.1) is 0 Å². The fourth-order valence-corrected chi connectivity index (χ4v) is 3.36. The van der Waals surface area contributed by atoms with Crippen molar-refractivity contribution in [3.63, 3.8) is 0 Å². The highest BCUT2D eigenvalue weighted by Crippen LogP contribution is 2.29. The van der Waals surface area contributed by atoms with Crippen molar-refractivity contribution in [2.45, 2.75) is 65.5 Å². The molecule has 0 amide bonds. The van der Waals surface area contributed by atoms with Crippen molar-refractivity contribution in [2.75, 3.05) is 25.9 Å². The van der Waals surface area contributed by atoms with E-state index >= 15 is 0 Å². The fourth-order valence-electron chi connectivity index (χ4n) is 3.36. The minimum absolute atomic E-state index is 0.235. The maximum absolute atomic E-state index is 6.14. The summed E-state index contributed by atoms with van der Waals surface area (Å²) in [5.41, 5.74) is 9.82. The maximum atomic E-state index is 6.14. The monoisotopic (exact) mass is 398 g/mol. The molecule has 0 aliphatic carbocycles. The summed E-state index contributed by atoms with van der Waals surface area (Å²) in [4.78, 5) is 11.4. The molecule has 0 radical (unpaired) electrons. The molecular formula is C23H34N4O2. The van der Waals surface area contributed by atoms with E-state index in [9.17, 15) is 0 Å². The molecule has 0 fully saturated rings. The average Bonchev–Trinajstić information content (AvgIpc) is 3.10. The quantitative estimate of drug-likeness (QED) is 0.515. The summed E-state index contributed by atoms with van der Waals surface area (Å²) in [6.45, 7) is 10.8. The highest BCUT2D eigenvalue weighted by molar-refractivity contribution is 6.04. The van der Waals surface area contributed by atoms with E-state index in [1.807, 2.05) is 6.92 Å². The summed E-state index contributed by atoms with van der Waals surface area (Å²) < 4.78 is 11.3. The summed E-state index contributed by atoms with van der Waals surface area (Å²) in [5.74, 6) is 0.938. The SMILES string of the molecule is CCOCc1nc2c(N)nc3cc(CCCCCN(C)C(C)(C)C)ccc3c2o1. The molecule has 3 rings (SSSR count). The Bertz CT molecular complexity index is 959. The fraction of sp³-hybridized carbons (Fsp3) is 0.565. The Hall–Kier alpha value is -2.18. The zero-order valence-electron chi connectivity index (χ0n) is 18.4. The van der Waals surface area contributed by atoms with Gasteiger partial charge in [-0.05, 0) is 78.2 Å². The number of ether oxygens (including phenoxy) is 1. The van der Waals surface area contributed by atoms with Crippen LogP contribution in [-0.2, 0) is 17.8 Å². The standard InChI is InChI=1S/C23H34N4O2/c1-6-28-15-19-26-20-21(29-19)17-12-11-16(14-18(17)25-22(20)24)10-8-7-9-13-27(5)23(2,3)4/h11-12,14H,6-10,13,15H2,1-5H3,(H2,24,25). The van der Waals surface area contributed by atoms with Gasteiger partial charge in [0.15, 0.2) is 16.9 Å². The molecule has 3 aromatic rings. The average molecular weight is 399 g/mol. The Balaban J connectivity index is 1.66. The molecule has 6 nitrogen and oxygen atoms in total. The first-order valence-electron chi connectivity index (χ1n) is 10.6. The van der Waals surface area contributed by atoms with Crippen molar-refractivity contribution in [1.82, 2.24) is 14.9 Å². The lowest BCUT2D eigenvalue weighted by atomic mass is 10.0. The Labute approximate surface area is 173 Å². The van der Waals surface area contributed by atoms with Crippen LogP contribution in [0, 0.1) is 0 Å². The van der Waals surface area contributed by atoms with Gasteiger partial charge in [-0.3, -0.25) is 0 Å². The molecule has 0 aliphatic heterocycles. The molecule has 0 spiro atoms. The van der Waals surface area contributed by atoms with Gasteiger partial charge in [-0.2, -0.15) is 0 Å². The lowest BCUT2D eigenvalue weighted by Crippen LogP contribution is -2.38. The number of benzene rings is 1. The third kappa shape index (κ3) is 5.25. The number of nitrogen functional groups attached to an aromatic ring is 1. The summed E-state index contributed by atoms with van der Waals surface area (Å²) >= 11 is 0. The van der Waals surface area contributed by atoms with E-state index in [1.54, 1.807) is 0 Å². The van der Waals surface area contributed by atoms with E-state index in [0.29, 0.717) is 36.0 Å². The Morgan fingerprint density at radius 1 is 1.14 bits per heavy atom. The highest BCUT2D eigenvalue weighted by atomic mass is 16.5. The van der Waals surface area contributed by atoms with Crippen LogP contribution in [0.4, 0.5) is 5.82 Å². The predicted octanol–water partition coefficient (Wildman–Crippen LogP) is 4.94. The van der Waals surface area contributed by atoms with Gasteiger partial charge in [0.2, 0.25) is 5.89 Å². The molecule has 158 valence electrons. The molecule has 0 unspecified atom stereocenters. The largest absolute Gasteiger partial charge is 0.437 e. The van der Waals surface area contributed by atoms with Gasteiger partial charge in [-0.25, -0.2) is 9.97 Å². The number of hydrogen-bond acceptors (Lipinski definition) is 6. The third-order valence-corrected chi connectivity index (χ3v) is 5.50. The zero-order chi connectivity index (χ0) is 21.0. The van der Waals surface area contributed by atoms with Crippen molar-refractivity contribution in [2.24, 2.45) is 0 Å². The predicted molar refractivity (Wildman–Crippen MR) is 119 cm³/mol. The second-order valence-electron chi connectivity index (χ2n) is 8.67. The van der Waals surface area contributed by atoms with Crippen molar-refractivity contribution in [3.8, 4) is 0 Å². The van der Waals surface area contributed by atoms with Crippen LogP contribution in [0.2, 0.25) is 0 Å². The second kappa shape index (κ2) is 9.09. The van der Waals surface area contributed by atoms with Crippen molar-refractivity contribution < 1.29 is 9.15 Å². The van der Waals surface area contributed by atoms with Crippen molar-refractivity contribution >= 4 is 27.8 Å². The number of nitrogens with zero attached hydrogens (tertiary/aromatic N) is 3. The van der Waals surface area contributed by atoms with E-state index in [0.717, 1.165) is 23.9 Å². The number of pyridine rings is 1. The normalized spacial score (nSPS) is 12.5. The van der Waals surface area contributed by atoms with E-state index in [1.165, 1.54) is 24.8 Å². The first-order valence-corrected chi connectivity index (χ1v) is 10.6. The number of aromatic nitrogens is 2. The lowest BCUT2D eigenvalue weighted by Gasteiger charge is -2.31. The van der Waals surface area contributed by atoms with Gasteiger partial charge >= 0.3 is 0 Å². The summed E-state index contributed by atoms with van der Waals surface area (Å²) in [6, 6.07) is 6.35. The second-order valence-corrected chi connectivity index (χ2v) is 8.67. The van der Waals surface area contributed by atoms with Crippen molar-refractivity contribution in [3.05, 3.63) is 29.7 Å². The zero-order valence-corrected chi connectivity index (χ0v) is 18.4. The van der Waals surface area contributed by atoms with Gasteiger partial charge in [0.25, 0.3) is 0 Å². The number of nitrogens with two attached hydrogens (primary N) is 1. The van der Waals surface area contributed by atoms with E-state index in [2.05, 4.69) is 60.9 Å². The Morgan fingerprint density at radius 3 is 2.66 bits per heavy atom. The van der Waals surface area contributed by atoms with E-state index in [-0.39, 0.29) is 5.54 Å². The van der Waals surface area contributed by atoms with Crippen LogP contribution in [0.25, 0.3) is 22.0 Å². The number of hydrogen-bond donors (Lipinski definition) is 1. The third-order valence-electron chi connectivity index (χ3n) is 5.50. The molecule has 2 N–H and O–H groups in total. The summed E-state index contributed by atoms with van der Waals surface area (Å²) in [7, 11) is 2.20. The molecule has 0 aliphatic rings. The molecule has 6 heteroatoms. The van der Waals surface area contributed by atoms with Crippen LogP contribution in [0.5, 0.6) is 0 Å². The van der Waals surface area contributed by atoms with Crippen LogP contribution < -0.4 is 5.73 Å². The smallest absolute Gasteiger partial charge is 0.221 e. The summed E-state index contributed by atoms with van der Waals surface area (Å²) in [5, 5.41) is 0.944. The minimum atomic E-state index is 0.235. The first kappa shape index (κ1) is 21.5. The van der Waals surface area contributed by atoms with Crippen molar-refractivity contribution in [1.29, 1.82) is 0 Å². The molecule has 0 saturated carbocycles. The Kier molecular flexibility index (Phi) is 6.75. The molecule has 1 aromatic carbocycles. The molecule has 0 atom stereocenters. The molecule has 2 aromatic heterocycles. The summed E-state index contributed by atoms with van der Waals surface area (Å²) in [6.07, 6.45) is 4.65. The van der Waals surface area contributed by atoms with Crippen LogP contribution in [0.15, 0.2) is 22.6 Å². The first-order chi connectivity index (χ1) is 13.8. The van der Waals surface area contributed by atoms with Gasteiger partial charge in [-0.1, -0.05) is 12.5 Å². The lowest BCUT2D eigenvalue weighted by molar-refractivity contribution is 0.116. The Morgan fingerprint density at radius 2 is 1.93 bits per heavy atom. The number of oxazole rings is 1. The topological polar surface area (TPSA) is 77.4 Å². The van der Waals surface area contributed by atoms with Crippen LogP contribution in [-0.4, -0.2) is 40.6 Å². The van der Waals surface area contributed by atoms with E-state index in [4.69, 9.17) is 14.9 Å². The molecule has 2 heterocycles. The maximum Gasteiger partial charge on any atom is 0.221 e. The minimum Gasteiger partial charge on any atom is -0.437 e.